The minimum absolute atomic E-state index is 0.118. The number of benzene rings is 1. The smallest absolute Gasteiger partial charge is 0.242 e. The van der Waals surface area contributed by atoms with Gasteiger partial charge in [0, 0.05) is 13.6 Å². The lowest BCUT2D eigenvalue weighted by Gasteiger charge is -2.29. The van der Waals surface area contributed by atoms with E-state index < -0.39 is 5.54 Å². The van der Waals surface area contributed by atoms with Crippen LogP contribution in [-0.4, -0.2) is 29.9 Å². The third kappa shape index (κ3) is 2.94. The van der Waals surface area contributed by atoms with E-state index in [1.807, 2.05) is 32.2 Å². The van der Waals surface area contributed by atoms with Crippen LogP contribution in [0.3, 0.4) is 0 Å². The summed E-state index contributed by atoms with van der Waals surface area (Å²) in [5.41, 5.74) is 1.18. The van der Waals surface area contributed by atoms with E-state index in [4.69, 9.17) is 5.26 Å². The Hall–Kier alpha value is -1.86. The number of amides is 1. The normalized spacial score (nSPS) is 21.9. The Bertz CT molecular complexity index is 512. The molecule has 1 aromatic carbocycles. The molecule has 4 nitrogen and oxygen atoms in total. The van der Waals surface area contributed by atoms with Gasteiger partial charge in [-0.2, -0.15) is 5.26 Å². The molecule has 19 heavy (non-hydrogen) atoms. The summed E-state index contributed by atoms with van der Waals surface area (Å²) in [6.07, 6.45) is 1.93. The molecule has 0 aromatic heterocycles. The Balaban J connectivity index is 2.06. The van der Waals surface area contributed by atoms with Crippen LogP contribution >= 0.6 is 0 Å². The molecule has 2 rings (SSSR count). The highest BCUT2D eigenvalue weighted by Crippen LogP contribution is 2.21. The fourth-order valence-corrected chi connectivity index (χ4v) is 2.58. The van der Waals surface area contributed by atoms with Gasteiger partial charge in [0.05, 0.1) is 17.2 Å². The van der Waals surface area contributed by atoms with E-state index in [1.165, 1.54) is 0 Å². The Morgan fingerprint density at radius 2 is 2.37 bits per heavy atom. The summed E-state index contributed by atoms with van der Waals surface area (Å²) in [5, 5.41) is 12.2. The van der Waals surface area contributed by atoms with Crippen molar-refractivity contribution < 1.29 is 4.79 Å². The molecule has 1 aromatic rings. The van der Waals surface area contributed by atoms with E-state index in [0.29, 0.717) is 12.1 Å². The largest absolute Gasteiger partial charge is 0.340 e. The standard InChI is InChI=1S/C15H19N3O/c1-15(7-4-8-17-15)14(19)18(2)11-13-6-3-5-12(9-13)10-16/h3,5-6,9,17H,4,7-8,11H2,1-2H3. The maximum Gasteiger partial charge on any atom is 0.242 e. The maximum absolute atomic E-state index is 12.4. The molecule has 1 aliphatic heterocycles. The van der Waals surface area contributed by atoms with Gasteiger partial charge in [0.25, 0.3) is 0 Å². The van der Waals surface area contributed by atoms with Crippen molar-refractivity contribution >= 4 is 5.91 Å². The second kappa shape index (κ2) is 5.41. The molecule has 0 radical (unpaired) electrons. The number of hydrogen-bond acceptors (Lipinski definition) is 3. The molecule has 1 saturated heterocycles. The van der Waals surface area contributed by atoms with E-state index in [1.54, 1.807) is 11.0 Å². The van der Waals surface area contributed by atoms with Crippen LogP contribution in [0.2, 0.25) is 0 Å². The number of likely N-dealkylation sites (N-methyl/N-ethyl adjacent to an activating group) is 1. The molecule has 0 bridgehead atoms. The molecule has 0 aliphatic carbocycles. The van der Waals surface area contributed by atoms with Crippen LogP contribution in [0, 0.1) is 11.3 Å². The highest BCUT2D eigenvalue weighted by Gasteiger charge is 2.37. The summed E-state index contributed by atoms with van der Waals surface area (Å²) in [5.74, 6) is 0.118. The first kappa shape index (κ1) is 13.6. The molecule has 4 heteroatoms. The van der Waals surface area contributed by atoms with Crippen molar-refractivity contribution in [1.82, 2.24) is 10.2 Å². The predicted octanol–water partition coefficient (Wildman–Crippen LogP) is 1.66. The quantitative estimate of drug-likeness (QED) is 0.896. The lowest BCUT2D eigenvalue weighted by Crippen LogP contribution is -2.51. The molecule has 1 aliphatic rings. The van der Waals surface area contributed by atoms with Crippen LogP contribution in [-0.2, 0) is 11.3 Å². The molecule has 1 unspecified atom stereocenters. The Kier molecular flexibility index (Phi) is 3.87. The number of hydrogen-bond donors (Lipinski definition) is 1. The van der Waals surface area contributed by atoms with Crippen molar-refractivity contribution in [3.63, 3.8) is 0 Å². The van der Waals surface area contributed by atoms with Crippen molar-refractivity contribution in [1.29, 1.82) is 5.26 Å². The SMILES string of the molecule is CN(Cc1cccc(C#N)c1)C(=O)C1(C)CCCN1. The zero-order valence-electron chi connectivity index (χ0n) is 11.4. The number of carbonyl (C=O) groups is 1. The molecule has 1 fully saturated rings. The maximum atomic E-state index is 12.4. The topological polar surface area (TPSA) is 56.1 Å². The van der Waals surface area contributed by atoms with Crippen LogP contribution in [0.4, 0.5) is 0 Å². The van der Waals surface area contributed by atoms with Crippen LogP contribution in [0.1, 0.15) is 30.9 Å². The van der Waals surface area contributed by atoms with Gasteiger partial charge in [-0.3, -0.25) is 4.79 Å². The fourth-order valence-electron chi connectivity index (χ4n) is 2.58. The summed E-state index contributed by atoms with van der Waals surface area (Å²) in [7, 11) is 1.81. The van der Waals surface area contributed by atoms with E-state index in [-0.39, 0.29) is 5.91 Å². The number of nitrogens with one attached hydrogen (secondary N) is 1. The summed E-state index contributed by atoms with van der Waals surface area (Å²) in [6.45, 7) is 3.40. The van der Waals surface area contributed by atoms with E-state index >= 15 is 0 Å². The van der Waals surface area contributed by atoms with Gasteiger partial charge in [-0.1, -0.05) is 12.1 Å². The minimum Gasteiger partial charge on any atom is -0.340 e. The fraction of sp³-hybridized carbons (Fsp3) is 0.467. The molecule has 100 valence electrons. The second-order valence-corrected chi connectivity index (χ2v) is 5.34. The number of carbonyl (C=O) groups excluding carboxylic acids is 1. The second-order valence-electron chi connectivity index (χ2n) is 5.34. The Labute approximate surface area is 114 Å². The summed E-state index contributed by atoms with van der Waals surface area (Å²) < 4.78 is 0. The molecular formula is C15H19N3O. The first-order chi connectivity index (χ1) is 9.05. The third-order valence-electron chi connectivity index (χ3n) is 3.66. The Morgan fingerprint density at radius 1 is 1.58 bits per heavy atom. The van der Waals surface area contributed by atoms with Crippen molar-refractivity contribution in [2.24, 2.45) is 0 Å². The van der Waals surface area contributed by atoms with Crippen molar-refractivity contribution in [3.05, 3.63) is 35.4 Å². The monoisotopic (exact) mass is 257 g/mol. The van der Waals surface area contributed by atoms with Crippen LogP contribution in [0.25, 0.3) is 0 Å². The number of nitriles is 1. The number of rotatable bonds is 3. The minimum atomic E-state index is -0.429. The van der Waals surface area contributed by atoms with Gasteiger partial charge in [-0.25, -0.2) is 0 Å². The first-order valence-electron chi connectivity index (χ1n) is 6.55. The van der Waals surface area contributed by atoms with E-state index in [9.17, 15) is 4.79 Å². The van der Waals surface area contributed by atoms with Gasteiger partial charge in [0.1, 0.15) is 0 Å². The average molecular weight is 257 g/mol. The van der Waals surface area contributed by atoms with E-state index in [2.05, 4.69) is 11.4 Å². The molecule has 0 saturated carbocycles. The molecular weight excluding hydrogens is 238 g/mol. The highest BCUT2D eigenvalue weighted by molar-refractivity contribution is 5.86. The van der Waals surface area contributed by atoms with Gasteiger partial charge < -0.3 is 10.2 Å². The highest BCUT2D eigenvalue weighted by atomic mass is 16.2. The molecule has 1 heterocycles. The molecule has 1 atom stereocenters. The van der Waals surface area contributed by atoms with Gasteiger partial charge in [0.2, 0.25) is 5.91 Å². The van der Waals surface area contributed by atoms with Crippen LogP contribution in [0.15, 0.2) is 24.3 Å². The zero-order chi connectivity index (χ0) is 13.9. The Morgan fingerprint density at radius 3 is 3.00 bits per heavy atom. The lowest BCUT2D eigenvalue weighted by molar-refractivity contribution is -0.136. The first-order valence-corrected chi connectivity index (χ1v) is 6.55. The van der Waals surface area contributed by atoms with Gasteiger partial charge >= 0.3 is 0 Å². The summed E-state index contributed by atoms with van der Waals surface area (Å²) in [6, 6.07) is 9.50. The molecule has 0 spiro atoms. The molecule has 1 amide bonds. The van der Waals surface area contributed by atoms with E-state index in [0.717, 1.165) is 24.9 Å². The van der Waals surface area contributed by atoms with Gasteiger partial charge in [-0.15, -0.1) is 0 Å². The summed E-state index contributed by atoms with van der Waals surface area (Å²) in [4.78, 5) is 14.2. The van der Waals surface area contributed by atoms with Gasteiger partial charge in [-0.05, 0) is 44.0 Å². The zero-order valence-corrected chi connectivity index (χ0v) is 11.4. The average Bonchev–Trinajstić information content (AvgIpc) is 2.86. The predicted molar refractivity (Wildman–Crippen MR) is 73.3 cm³/mol. The van der Waals surface area contributed by atoms with Crippen molar-refractivity contribution in [3.8, 4) is 6.07 Å². The van der Waals surface area contributed by atoms with Gasteiger partial charge in [0.15, 0.2) is 0 Å². The number of nitrogens with zero attached hydrogens (tertiary/aromatic N) is 2. The third-order valence-corrected chi connectivity index (χ3v) is 3.66. The van der Waals surface area contributed by atoms with Crippen molar-refractivity contribution in [2.45, 2.75) is 31.8 Å². The molecule has 1 N–H and O–H groups in total. The lowest BCUT2D eigenvalue weighted by atomic mass is 9.98. The van der Waals surface area contributed by atoms with Crippen molar-refractivity contribution in [2.75, 3.05) is 13.6 Å². The summed E-state index contributed by atoms with van der Waals surface area (Å²) >= 11 is 0. The van der Waals surface area contributed by atoms with Crippen LogP contribution < -0.4 is 5.32 Å². The van der Waals surface area contributed by atoms with Crippen LogP contribution in [0.5, 0.6) is 0 Å².